The molecule has 1 N–H and O–H groups in total. The van der Waals surface area contributed by atoms with Gasteiger partial charge in [-0.15, -0.1) is 10.2 Å². The number of pyridine rings is 1. The van der Waals surface area contributed by atoms with Crippen molar-refractivity contribution in [2.24, 2.45) is 0 Å². The van der Waals surface area contributed by atoms with E-state index in [1.54, 1.807) is 6.20 Å². The van der Waals surface area contributed by atoms with Crippen molar-refractivity contribution >= 4 is 17.7 Å². The van der Waals surface area contributed by atoms with Crippen LogP contribution in [0.4, 0.5) is 0 Å². The van der Waals surface area contributed by atoms with Crippen LogP contribution in [-0.4, -0.2) is 25.6 Å². The van der Waals surface area contributed by atoms with E-state index >= 15 is 0 Å². The Morgan fingerprint density at radius 2 is 2.00 bits per heavy atom. The van der Waals surface area contributed by atoms with E-state index in [0.717, 1.165) is 34.7 Å². The molecule has 4 rings (SSSR count). The molecule has 0 unspecified atom stereocenters. The average Bonchev–Trinajstić information content (AvgIpc) is 3.18. The predicted octanol–water partition coefficient (Wildman–Crippen LogP) is 3.10. The lowest BCUT2D eigenvalue weighted by Crippen LogP contribution is -1.95. The number of hydrogen-bond acceptors (Lipinski definition) is 4. The van der Waals surface area contributed by atoms with Gasteiger partial charge in [-0.25, -0.2) is 0 Å². The van der Waals surface area contributed by atoms with Crippen LogP contribution in [0.5, 0.6) is 0 Å². The SMILES string of the molecule is Clc1ccc(CC2=Cc3nccc(-c4nn[nH]n4)c3C2)cc1. The molecule has 6 heteroatoms. The number of tetrazole rings is 1. The Hall–Kier alpha value is -2.53. The molecule has 0 bridgehead atoms. The van der Waals surface area contributed by atoms with E-state index in [-0.39, 0.29) is 0 Å². The maximum absolute atomic E-state index is 5.93. The molecule has 0 radical (unpaired) electrons. The van der Waals surface area contributed by atoms with E-state index in [1.807, 2.05) is 18.2 Å². The third-order valence-electron chi connectivity index (χ3n) is 3.76. The van der Waals surface area contributed by atoms with Crippen LogP contribution >= 0.6 is 11.6 Å². The molecular weight excluding hydrogens is 298 g/mol. The van der Waals surface area contributed by atoms with Crippen molar-refractivity contribution in [3.8, 4) is 11.4 Å². The van der Waals surface area contributed by atoms with E-state index in [9.17, 15) is 0 Å². The highest BCUT2D eigenvalue weighted by Gasteiger charge is 2.20. The van der Waals surface area contributed by atoms with Crippen LogP contribution in [0.25, 0.3) is 17.5 Å². The first-order valence-corrected chi connectivity index (χ1v) is 7.33. The molecule has 0 saturated heterocycles. The summed E-state index contributed by atoms with van der Waals surface area (Å²) in [4.78, 5) is 4.45. The van der Waals surface area contributed by atoms with Gasteiger partial charge in [0.05, 0.1) is 5.69 Å². The number of rotatable bonds is 3. The Labute approximate surface area is 132 Å². The molecule has 5 nitrogen and oxygen atoms in total. The van der Waals surface area contributed by atoms with Gasteiger partial charge in [0, 0.05) is 16.8 Å². The average molecular weight is 310 g/mol. The summed E-state index contributed by atoms with van der Waals surface area (Å²) >= 11 is 5.93. The zero-order valence-electron chi connectivity index (χ0n) is 11.6. The molecule has 22 heavy (non-hydrogen) atoms. The maximum Gasteiger partial charge on any atom is 0.205 e. The molecule has 0 amide bonds. The van der Waals surface area contributed by atoms with Crippen molar-refractivity contribution in [3.63, 3.8) is 0 Å². The molecule has 0 spiro atoms. The van der Waals surface area contributed by atoms with Gasteiger partial charge in [-0.2, -0.15) is 5.21 Å². The predicted molar refractivity (Wildman–Crippen MR) is 84.2 cm³/mol. The van der Waals surface area contributed by atoms with Gasteiger partial charge in [-0.05, 0) is 53.5 Å². The van der Waals surface area contributed by atoms with Crippen molar-refractivity contribution in [2.45, 2.75) is 12.8 Å². The van der Waals surface area contributed by atoms with Crippen LogP contribution in [-0.2, 0) is 12.8 Å². The highest BCUT2D eigenvalue weighted by Crippen LogP contribution is 2.32. The fourth-order valence-corrected chi connectivity index (χ4v) is 2.88. The first kappa shape index (κ1) is 13.2. The molecule has 3 aromatic rings. The van der Waals surface area contributed by atoms with Crippen molar-refractivity contribution in [1.29, 1.82) is 0 Å². The largest absolute Gasteiger partial charge is 0.257 e. The van der Waals surface area contributed by atoms with E-state index in [0.29, 0.717) is 5.82 Å². The number of benzene rings is 1. The monoisotopic (exact) mass is 309 g/mol. The number of nitrogens with zero attached hydrogens (tertiary/aromatic N) is 4. The number of nitrogens with one attached hydrogen (secondary N) is 1. The molecule has 1 aliphatic rings. The molecule has 1 aromatic carbocycles. The fourth-order valence-electron chi connectivity index (χ4n) is 2.75. The van der Waals surface area contributed by atoms with Gasteiger partial charge in [0.15, 0.2) is 0 Å². The molecule has 0 aliphatic heterocycles. The summed E-state index contributed by atoms with van der Waals surface area (Å²) in [5.41, 5.74) is 5.70. The molecule has 1 aliphatic carbocycles. The first-order valence-electron chi connectivity index (χ1n) is 6.95. The van der Waals surface area contributed by atoms with Crippen molar-refractivity contribution < 1.29 is 0 Å². The van der Waals surface area contributed by atoms with Gasteiger partial charge in [-0.3, -0.25) is 4.98 Å². The topological polar surface area (TPSA) is 67.3 Å². The van der Waals surface area contributed by atoms with Crippen LogP contribution in [0.15, 0.2) is 42.1 Å². The zero-order chi connectivity index (χ0) is 14.9. The number of aromatic amines is 1. The molecule has 0 saturated carbocycles. The number of hydrogen-bond donors (Lipinski definition) is 1. The third kappa shape index (κ3) is 2.40. The minimum absolute atomic E-state index is 0.611. The van der Waals surface area contributed by atoms with Gasteiger partial charge in [-0.1, -0.05) is 29.3 Å². The Bertz CT molecular complexity index is 837. The minimum Gasteiger partial charge on any atom is -0.257 e. The first-order chi connectivity index (χ1) is 10.8. The van der Waals surface area contributed by atoms with Crippen molar-refractivity contribution in [2.75, 3.05) is 0 Å². The highest BCUT2D eigenvalue weighted by molar-refractivity contribution is 6.30. The molecular formula is C16H12ClN5. The summed E-state index contributed by atoms with van der Waals surface area (Å²) < 4.78 is 0. The fraction of sp³-hybridized carbons (Fsp3) is 0.125. The normalized spacial score (nSPS) is 13.0. The Morgan fingerprint density at radius 1 is 1.14 bits per heavy atom. The van der Waals surface area contributed by atoms with Gasteiger partial charge < -0.3 is 0 Å². The summed E-state index contributed by atoms with van der Waals surface area (Å²) in [5.74, 6) is 0.611. The third-order valence-corrected chi connectivity index (χ3v) is 4.02. The lowest BCUT2D eigenvalue weighted by Gasteiger charge is -2.05. The van der Waals surface area contributed by atoms with Gasteiger partial charge in [0.1, 0.15) is 0 Å². The van der Waals surface area contributed by atoms with E-state index in [2.05, 4.69) is 43.8 Å². The lowest BCUT2D eigenvalue weighted by molar-refractivity contribution is 0.881. The van der Waals surface area contributed by atoms with Gasteiger partial charge >= 0.3 is 0 Å². The second kappa shape index (κ2) is 5.35. The van der Waals surface area contributed by atoms with Crippen LogP contribution in [0.1, 0.15) is 16.8 Å². The van der Waals surface area contributed by atoms with E-state index in [1.165, 1.54) is 11.1 Å². The number of halogens is 1. The summed E-state index contributed by atoms with van der Waals surface area (Å²) in [5, 5.41) is 15.0. The van der Waals surface area contributed by atoms with Gasteiger partial charge in [0.25, 0.3) is 0 Å². The molecule has 0 fully saturated rings. The minimum atomic E-state index is 0.611. The summed E-state index contributed by atoms with van der Waals surface area (Å²) in [6.45, 7) is 0. The van der Waals surface area contributed by atoms with Gasteiger partial charge in [0.2, 0.25) is 5.82 Å². The van der Waals surface area contributed by atoms with Crippen LogP contribution < -0.4 is 0 Å². The lowest BCUT2D eigenvalue weighted by atomic mass is 10.0. The molecule has 108 valence electrons. The number of H-pyrrole nitrogens is 1. The van der Waals surface area contributed by atoms with E-state index < -0.39 is 0 Å². The maximum atomic E-state index is 5.93. The summed E-state index contributed by atoms with van der Waals surface area (Å²) in [6.07, 6.45) is 5.68. The Balaban J connectivity index is 1.62. The second-order valence-electron chi connectivity index (χ2n) is 5.24. The Kier molecular flexibility index (Phi) is 3.20. The molecule has 2 aromatic heterocycles. The number of aromatic nitrogens is 5. The van der Waals surface area contributed by atoms with Crippen molar-refractivity contribution in [3.05, 3.63) is 63.9 Å². The Morgan fingerprint density at radius 3 is 2.77 bits per heavy atom. The van der Waals surface area contributed by atoms with Crippen LogP contribution in [0.2, 0.25) is 5.02 Å². The second-order valence-corrected chi connectivity index (χ2v) is 5.68. The summed E-state index contributed by atoms with van der Waals surface area (Å²) in [6, 6.07) is 9.88. The smallest absolute Gasteiger partial charge is 0.205 e. The van der Waals surface area contributed by atoms with Crippen LogP contribution in [0.3, 0.4) is 0 Å². The number of fused-ring (bicyclic) bond motifs is 1. The van der Waals surface area contributed by atoms with Crippen molar-refractivity contribution in [1.82, 2.24) is 25.6 Å². The van der Waals surface area contributed by atoms with E-state index in [4.69, 9.17) is 11.6 Å². The highest BCUT2D eigenvalue weighted by atomic mass is 35.5. The number of allylic oxidation sites excluding steroid dienone is 1. The summed E-state index contributed by atoms with van der Waals surface area (Å²) in [7, 11) is 0. The quantitative estimate of drug-likeness (QED) is 0.807. The molecule has 2 heterocycles. The zero-order valence-corrected chi connectivity index (χ0v) is 12.4. The molecule has 0 atom stereocenters. The standard InChI is InChI=1S/C16H12ClN5/c17-12-3-1-10(2-4-12)7-11-8-14-13(16-19-21-22-20-16)5-6-18-15(14)9-11/h1-6,9H,7-8H2,(H,19,20,21,22). The van der Waals surface area contributed by atoms with Crippen LogP contribution in [0, 0.1) is 0 Å².